The fraction of sp³-hybridized carbons (Fsp3) is 0.562. The van der Waals surface area contributed by atoms with Crippen LogP contribution in [0.5, 0.6) is 0 Å². The Morgan fingerprint density at radius 3 is 1.97 bits per heavy atom. The molecular weight excluding hydrogens is 478 g/mol. The first-order valence-electron chi connectivity index (χ1n) is 14.6. The van der Waals surface area contributed by atoms with Gasteiger partial charge in [0, 0.05) is 6.54 Å². The van der Waals surface area contributed by atoms with Crippen LogP contribution in [0.3, 0.4) is 0 Å². The SMILES string of the molecule is CCCCCCCCCCCCCCCCn1c(C(C)NC(=O)c2ccccc2Cl)nc2ccccc21. The van der Waals surface area contributed by atoms with Gasteiger partial charge < -0.3 is 9.88 Å². The highest BCUT2D eigenvalue weighted by Crippen LogP contribution is 2.23. The molecule has 0 saturated carbocycles. The number of imidazole rings is 1. The van der Waals surface area contributed by atoms with E-state index >= 15 is 0 Å². The molecule has 5 heteroatoms. The second kappa shape index (κ2) is 16.5. The van der Waals surface area contributed by atoms with E-state index in [1.54, 1.807) is 12.1 Å². The number of fused-ring (bicyclic) bond motifs is 1. The lowest BCUT2D eigenvalue weighted by molar-refractivity contribution is 0.0938. The van der Waals surface area contributed by atoms with Gasteiger partial charge in [0.2, 0.25) is 0 Å². The number of carbonyl (C=O) groups is 1. The van der Waals surface area contributed by atoms with Gasteiger partial charge >= 0.3 is 0 Å². The maximum atomic E-state index is 12.8. The number of benzene rings is 2. The van der Waals surface area contributed by atoms with Crippen LogP contribution in [0.4, 0.5) is 0 Å². The van der Waals surface area contributed by atoms with Crippen LogP contribution < -0.4 is 5.32 Å². The fourth-order valence-electron chi connectivity index (χ4n) is 5.11. The van der Waals surface area contributed by atoms with Crippen molar-refractivity contribution >= 4 is 28.5 Å². The molecule has 2 aromatic carbocycles. The molecule has 1 amide bonds. The molecule has 0 aliphatic rings. The molecule has 0 aliphatic carbocycles. The van der Waals surface area contributed by atoms with Crippen molar-refractivity contribution in [1.82, 2.24) is 14.9 Å². The smallest absolute Gasteiger partial charge is 0.253 e. The van der Waals surface area contributed by atoms with E-state index in [2.05, 4.69) is 28.9 Å². The van der Waals surface area contributed by atoms with Crippen molar-refractivity contribution in [2.75, 3.05) is 0 Å². The molecule has 4 nitrogen and oxygen atoms in total. The van der Waals surface area contributed by atoms with Crippen LogP contribution in [0.25, 0.3) is 11.0 Å². The highest BCUT2D eigenvalue weighted by molar-refractivity contribution is 6.33. The Labute approximate surface area is 229 Å². The Bertz CT molecular complexity index is 1080. The Hall–Kier alpha value is -2.33. The van der Waals surface area contributed by atoms with Crippen molar-refractivity contribution in [3.8, 4) is 0 Å². The molecule has 37 heavy (non-hydrogen) atoms. The third-order valence-electron chi connectivity index (χ3n) is 7.27. The summed E-state index contributed by atoms with van der Waals surface area (Å²) in [6, 6.07) is 15.2. The van der Waals surface area contributed by atoms with E-state index in [0.717, 1.165) is 29.8 Å². The fourth-order valence-corrected chi connectivity index (χ4v) is 5.33. The van der Waals surface area contributed by atoms with E-state index in [1.165, 1.54) is 83.5 Å². The number of carbonyl (C=O) groups excluding carboxylic acids is 1. The first-order valence-corrected chi connectivity index (χ1v) is 15.0. The lowest BCUT2D eigenvalue weighted by Crippen LogP contribution is -2.29. The first-order chi connectivity index (χ1) is 18.1. The number of unbranched alkanes of at least 4 members (excludes halogenated alkanes) is 13. The largest absolute Gasteiger partial charge is 0.342 e. The summed E-state index contributed by atoms with van der Waals surface area (Å²) in [5, 5.41) is 3.56. The Morgan fingerprint density at radius 1 is 0.811 bits per heavy atom. The number of halogens is 1. The average molecular weight is 524 g/mol. The second-order valence-electron chi connectivity index (χ2n) is 10.4. The van der Waals surface area contributed by atoms with Crippen LogP contribution in [0, 0.1) is 0 Å². The summed E-state index contributed by atoms with van der Waals surface area (Å²) in [5.74, 6) is 0.726. The predicted octanol–water partition coefficient (Wildman–Crippen LogP) is 9.66. The molecule has 3 rings (SSSR count). The topological polar surface area (TPSA) is 46.9 Å². The zero-order valence-electron chi connectivity index (χ0n) is 23.0. The van der Waals surface area contributed by atoms with Crippen molar-refractivity contribution in [2.45, 2.75) is 116 Å². The summed E-state index contributed by atoms with van der Waals surface area (Å²) < 4.78 is 2.29. The third kappa shape index (κ3) is 9.48. The molecule has 0 bridgehead atoms. The van der Waals surface area contributed by atoms with Gasteiger partial charge in [-0.15, -0.1) is 0 Å². The monoisotopic (exact) mass is 523 g/mol. The van der Waals surface area contributed by atoms with E-state index in [9.17, 15) is 4.79 Å². The van der Waals surface area contributed by atoms with Gasteiger partial charge in [-0.2, -0.15) is 0 Å². The first kappa shape index (κ1) is 29.2. The molecule has 0 aliphatic heterocycles. The average Bonchev–Trinajstić information content (AvgIpc) is 3.28. The molecule has 1 atom stereocenters. The zero-order chi connectivity index (χ0) is 26.3. The van der Waals surface area contributed by atoms with Gasteiger partial charge in [0.1, 0.15) is 5.82 Å². The highest BCUT2D eigenvalue weighted by Gasteiger charge is 2.20. The molecule has 3 aromatic rings. The Morgan fingerprint density at radius 2 is 1.35 bits per heavy atom. The normalized spacial score (nSPS) is 12.2. The molecule has 1 heterocycles. The summed E-state index contributed by atoms with van der Waals surface area (Å²) >= 11 is 6.24. The van der Waals surface area contributed by atoms with E-state index in [4.69, 9.17) is 16.6 Å². The van der Waals surface area contributed by atoms with Crippen molar-refractivity contribution in [3.05, 3.63) is 64.9 Å². The Balaban J connectivity index is 1.41. The summed E-state index contributed by atoms with van der Waals surface area (Å²) in [4.78, 5) is 17.7. The van der Waals surface area contributed by atoms with Crippen LogP contribution in [0.15, 0.2) is 48.5 Å². The molecule has 1 aromatic heterocycles. The van der Waals surface area contributed by atoms with Crippen LogP contribution in [0.1, 0.15) is 126 Å². The highest BCUT2D eigenvalue weighted by atomic mass is 35.5. The van der Waals surface area contributed by atoms with Crippen LogP contribution in [-0.2, 0) is 6.54 Å². The number of rotatable bonds is 18. The molecular formula is C32H46ClN3O. The predicted molar refractivity (Wildman–Crippen MR) is 157 cm³/mol. The van der Waals surface area contributed by atoms with Gasteiger partial charge in [0.05, 0.1) is 27.7 Å². The lowest BCUT2D eigenvalue weighted by Gasteiger charge is -2.17. The molecule has 0 saturated heterocycles. The van der Waals surface area contributed by atoms with E-state index in [-0.39, 0.29) is 11.9 Å². The van der Waals surface area contributed by atoms with Gasteiger partial charge in [-0.1, -0.05) is 126 Å². The summed E-state index contributed by atoms with van der Waals surface area (Å²) in [6.07, 6.45) is 18.9. The summed E-state index contributed by atoms with van der Waals surface area (Å²) in [7, 11) is 0. The van der Waals surface area contributed by atoms with Crippen molar-refractivity contribution in [1.29, 1.82) is 0 Å². The standard InChI is InChI=1S/C32H46ClN3O/c1-3-4-5-6-7-8-9-10-11-12-13-14-15-20-25-36-30-24-19-18-23-29(30)35-31(36)26(2)34-32(37)27-21-16-17-22-28(27)33/h16-19,21-24,26H,3-15,20,25H2,1-2H3,(H,34,37). The molecule has 0 fully saturated rings. The van der Waals surface area contributed by atoms with Gasteiger partial charge in [0.25, 0.3) is 5.91 Å². The maximum Gasteiger partial charge on any atom is 0.253 e. The number of hydrogen-bond donors (Lipinski definition) is 1. The van der Waals surface area contributed by atoms with Crippen LogP contribution >= 0.6 is 11.6 Å². The quantitative estimate of drug-likeness (QED) is 0.169. The third-order valence-corrected chi connectivity index (χ3v) is 7.60. The number of nitrogens with one attached hydrogen (secondary N) is 1. The zero-order valence-corrected chi connectivity index (χ0v) is 23.7. The molecule has 0 spiro atoms. The van der Waals surface area contributed by atoms with Gasteiger partial charge in [-0.05, 0) is 37.6 Å². The minimum Gasteiger partial charge on any atom is -0.342 e. The number of aromatic nitrogens is 2. The Kier molecular flexibility index (Phi) is 13.0. The number of hydrogen-bond acceptors (Lipinski definition) is 2. The number of aryl methyl sites for hydroxylation is 1. The molecule has 1 unspecified atom stereocenters. The molecule has 0 radical (unpaired) electrons. The second-order valence-corrected chi connectivity index (χ2v) is 10.8. The summed E-state index contributed by atoms with van der Waals surface area (Å²) in [6.45, 7) is 5.20. The van der Waals surface area contributed by atoms with E-state index in [1.807, 2.05) is 31.2 Å². The van der Waals surface area contributed by atoms with Gasteiger partial charge in [-0.3, -0.25) is 4.79 Å². The van der Waals surface area contributed by atoms with E-state index in [0.29, 0.717) is 10.6 Å². The summed E-state index contributed by atoms with van der Waals surface area (Å²) in [5.41, 5.74) is 2.60. The maximum absolute atomic E-state index is 12.8. The van der Waals surface area contributed by atoms with Crippen molar-refractivity contribution < 1.29 is 4.79 Å². The lowest BCUT2D eigenvalue weighted by atomic mass is 10.0. The number of para-hydroxylation sites is 2. The van der Waals surface area contributed by atoms with Crippen LogP contribution in [-0.4, -0.2) is 15.5 Å². The van der Waals surface area contributed by atoms with Gasteiger partial charge in [-0.25, -0.2) is 4.98 Å². The van der Waals surface area contributed by atoms with Crippen LogP contribution in [0.2, 0.25) is 5.02 Å². The van der Waals surface area contributed by atoms with Crippen molar-refractivity contribution in [3.63, 3.8) is 0 Å². The number of nitrogens with zero attached hydrogens (tertiary/aromatic N) is 2. The van der Waals surface area contributed by atoms with E-state index < -0.39 is 0 Å². The molecule has 1 N–H and O–H groups in total. The number of amides is 1. The minimum absolute atomic E-state index is 0.173. The molecule has 202 valence electrons. The minimum atomic E-state index is -0.220. The van der Waals surface area contributed by atoms with Crippen molar-refractivity contribution in [2.24, 2.45) is 0 Å². The van der Waals surface area contributed by atoms with Gasteiger partial charge in [0.15, 0.2) is 0 Å².